The van der Waals surface area contributed by atoms with Crippen LogP contribution in [-0.2, 0) is 11.4 Å². The van der Waals surface area contributed by atoms with Gasteiger partial charge in [0.25, 0.3) is 11.1 Å². The fraction of sp³-hybridized carbons (Fsp3) is 0.241. The molecule has 4 rings (SSSR count). The highest BCUT2D eigenvalue weighted by atomic mass is 79.9. The molecule has 3 aromatic carbocycles. The third kappa shape index (κ3) is 6.78. The van der Waals surface area contributed by atoms with Crippen molar-refractivity contribution in [2.45, 2.75) is 33.3 Å². The van der Waals surface area contributed by atoms with Crippen LogP contribution in [-0.4, -0.2) is 29.2 Å². The quantitative estimate of drug-likeness (QED) is 0.232. The molecule has 0 aliphatic carbocycles. The zero-order valence-electron chi connectivity index (χ0n) is 20.8. The van der Waals surface area contributed by atoms with Gasteiger partial charge >= 0.3 is 0 Å². The number of hydrogen-bond donors (Lipinski definition) is 0. The molecule has 0 saturated carbocycles. The molecule has 37 heavy (non-hydrogen) atoms. The lowest BCUT2D eigenvalue weighted by Crippen LogP contribution is -2.32. The number of carbonyl (C=O) groups excluding carboxylic acids is 2. The van der Waals surface area contributed by atoms with Gasteiger partial charge in [0.05, 0.1) is 11.4 Å². The molecular formula is C29H27BrClNO4S. The van der Waals surface area contributed by atoms with E-state index in [1.807, 2.05) is 55.5 Å². The number of thioether (sulfide) groups is 1. The molecule has 8 heteroatoms. The number of aryl methyl sites for hydroxylation is 1. The van der Waals surface area contributed by atoms with Gasteiger partial charge in [0, 0.05) is 20.6 Å². The van der Waals surface area contributed by atoms with E-state index in [9.17, 15) is 9.59 Å². The molecule has 1 aliphatic rings. The van der Waals surface area contributed by atoms with Gasteiger partial charge in [-0.3, -0.25) is 14.5 Å². The third-order valence-electron chi connectivity index (χ3n) is 5.84. The molecule has 5 nitrogen and oxygen atoms in total. The van der Waals surface area contributed by atoms with E-state index < -0.39 is 0 Å². The Morgan fingerprint density at radius 3 is 2.57 bits per heavy atom. The maximum atomic E-state index is 13.1. The zero-order valence-corrected chi connectivity index (χ0v) is 24.0. The molecule has 0 N–H and O–H groups in total. The van der Waals surface area contributed by atoms with Crippen LogP contribution in [0.15, 0.2) is 70.0 Å². The van der Waals surface area contributed by atoms with Crippen LogP contribution in [0.4, 0.5) is 4.79 Å². The van der Waals surface area contributed by atoms with Crippen LogP contribution < -0.4 is 9.47 Å². The van der Waals surface area contributed by atoms with Gasteiger partial charge in [-0.25, -0.2) is 0 Å². The number of amides is 2. The number of hydrogen-bond acceptors (Lipinski definition) is 5. The standard InChI is InChI=1S/C29H27BrClNO4S/c1-18(2)23-10-8-19(3)14-26(23)35-13-12-32-28(33)27(37-29(32)34)16-21-15-22(30)9-11-25(21)36-17-20-6-4-5-7-24(20)31/h4-11,14-16,18H,12-13,17H2,1-3H3/b27-16-. The second-order valence-corrected chi connectivity index (χ2v) is 11.3. The Balaban J connectivity index is 1.46. The van der Waals surface area contributed by atoms with Gasteiger partial charge in [-0.1, -0.05) is 71.7 Å². The van der Waals surface area contributed by atoms with Crippen molar-refractivity contribution < 1.29 is 19.1 Å². The first-order valence-electron chi connectivity index (χ1n) is 11.9. The van der Waals surface area contributed by atoms with E-state index in [-0.39, 0.29) is 30.9 Å². The number of halogens is 2. The number of nitrogens with zero attached hydrogens (tertiary/aromatic N) is 1. The lowest BCUT2D eigenvalue weighted by molar-refractivity contribution is -0.123. The first-order chi connectivity index (χ1) is 17.7. The summed E-state index contributed by atoms with van der Waals surface area (Å²) in [7, 11) is 0. The molecular weight excluding hydrogens is 574 g/mol. The van der Waals surface area contributed by atoms with Gasteiger partial charge in [0.1, 0.15) is 24.7 Å². The molecule has 1 aliphatic heterocycles. The van der Waals surface area contributed by atoms with Crippen LogP contribution in [0, 0.1) is 6.92 Å². The average Bonchev–Trinajstić information content (AvgIpc) is 3.11. The Hall–Kier alpha value is -2.74. The second-order valence-electron chi connectivity index (χ2n) is 8.94. The monoisotopic (exact) mass is 599 g/mol. The van der Waals surface area contributed by atoms with E-state index in [2.05, 4.69) is 41.9 Å². The van der Waals surface area contributed by atoms with Crippen molar-refractivity contribution in [2.24, 2.45) is 0 Å². The Morgan fingerprint density at radius 1 is 1.03 bits per heavy atom. The van der Waals surface area contributed by atoms with E-state index >= 15 is 0 Å². The van der Waals surface area contributed by atoms with Crippen LogP contribution in [0.5, 0.6) is 11.5 Å². The molecule has 0 unspecified atom stereocenters. The second kappa shape index (κ2) is 12.2. The Labute approximate surface area is 234 Å². The van der Waals surface area contributed by atoms with E-state index in [4.69, 9.17) is 21.1 Å². The van der Waals surface area contributed by atoms with Crippen LogP contribution in [0.2, 0.25) is 5.02 Å². The summed E-state index contributed by atoms with van der Waals surface area (Å²) in [5.41, 5.74) is 3.73. The molecule has 1 heterocycles. The molecule has 2 amide bonds. The Bertz CT molecular complexity index is 1360. The fourth-order valence-corrected chi connectivity index (χ4v) is 5.28. The number of rotatable bonds is 9. The number of benzene rings is 3. The van der Waals surface area contributed by atoms with Crippen LogP contribution >= 0.6 is 39.3 Å². The average molecular weight is 601 g/mol. The van der Waals surface area contributed by atoms with Gasteiger partial charge in [0.2, 0.25) is 0 Å². The molecule has 1 saturated heterocycles. The summed E-state index contributed by atoms with van der Waals surface area (Å²) >= 11 is 10.6. The first-order valence-corrected chi connectivity index (χ1v) is 13.9. The predicted molar refractivity (Wildman–Crippen MR) is 153 cm³/mol. The minimum absolute atomic E-state index is 0.168. The molecule has 3 aromatic rings. The Morgan fingerprint density at radius 2 is 1.81 bits per heavy atom. The summed E-state index contributed by atoms with van der Waals surface area (Å²) in [6.07, 6.45) is 1.69. The topological polar surface area (TPSA) is 55.8 Å². The lowest BCUT2D eigenvalue weighted by Gasteiger charge is -2.17. The molecule has 1 fully saturated rings. The number of imide groups is 1. The third-order valence-corrected chi connectivity index (χ3v) is 7.61. The minimum Gasteiger partial charge on any atom is -0.491 e. The number of carbonyl (C=O) groups is 2. The van der Waals surface area contributed by atoms with Crippen molar-refractivity contribution in [3.63, 3.8) is 0 Å². The summed E-state index contributed by atoms with van der Waals surface area (Å²) < 4.78 is 12.9. The van der Waals surface area contributed by atoms with Crippen LogP contribution in [0.3, 0.4) is 0 Å². The summed E-state index contributed by atoms with van der Waals surface area (Å²) in [5, 5.41) is 0.303. The molecule has 0 atom stereocenters. The zero-order chi connectivity index (χ0) is 26.5. The largest absolute Gasteiger partial charge is 0.491 e. The van der Waals surface area contributed by atoms with Gasteiger partial charge in [-0.2, -0.15) is 0 Å². The smallest absolute Gasteiger partial charge is 0.293 e. The first kappa shape index (κ1) is 27.3. The van der Waals surface area contributed by atoms with Crippen molar-refractivity contribution in [2.75, 3.05) is 13.2 Å². The normalized spacial score (nSPS) is 14.6. The highest BCUT2D eigenvalue weighted by Crippen LogP contribution is 2.35. The van der Waals surface area contributed by atoms with E-state index in [1.54, 1.807) is 6.08 Å². The highest BCUT2D eigenvalue weighted by Gasteiger charge is 2.35. The van der Waals surface area contributed by atoms with Gasteiger partial charge in [-0.15, -0.1) is 0 Å². The fourth-order valence-electron chi connectivity index (χ4n) is 3.86. The summed E-state index contributed by atoms with van der Waals surface area (Å²) in [6.45, 7) is 6.88. The van der Waals surface area contributed by atoms with Crippen molar-refractivity contribution in [3.8, 4) is 11.5 Å². The van der Waals surface area contributed by atoms with Crippen LogP contribution in [0.1, 0.15) is 42.0 Å². The van der Waals surface area contributed by atoms with Crippen molar-refractivity contribution in [1.82, 2.24) is 4.90 Å². The minimum atomic E-state index is -0.344. The van der Waals surface area contributed by atoms with Gasteiger partial charge in [-0.05, 0) is 72.1 Å². The van der Waals surface area contributed by atoms with E-state index in [1.165, 1.54) is 4.90 Å². The van der Waals surface area contributed by atoms with Crippen molar-refractivity contribution in [3.05, 3.63) is 97.3 Å². The SMILES string of the molecule is Cc1ccc(C(C)C)c(OCCN2C(=O)S/C(=C\c3cc(Br)ccc3OCc3ccccc3Cl)C2=O)c1. The van der Waals surface area contributed by atoms with E-state index in [0.29, 0.717) is 27.2 Å². The highest BCUT2D eigenvalue weighted by molar-refractivity contribution is 9.10. The van der Waals surface area contributed by atoms with E-state index in [0.717, 1.165) is 38.7 Å². The van der Waals surface area contributed by atoms with Crippen molar-refractivity contribution >= 4 is 56.5 Å². The Kier molecular flexibility index (Phi) is 9.00. The number of ether oxygens (including phenoxy) is 2. The predicted octanol–water partition coefficient (Wildman–Crippen LogP) is 8.23. The maximum Gasteiger partial charge on any atom is 0.293 e. The summed E-state index contributed by atoms with van der Waals surface area (Å²) in [6, 6.07) is 19.1. The summed E-state index contributed by atoms with van der Waals surface area (Å²) in [4.78, 5) is 27.3. The van der Waals surface area contributed by atoms with Crippen molar-refractivity contribution in [1.29, 1.82) is 0 Å². The maximum absolute atomic E-state index is 13.1. The van der Waals surface area contributed by atoms with Crippen LogP contribution in [0.25, 0.3) is 6.08 Å². The van der Waals surface area contributed by atoms with Gasteiger partial charge in [0.15, 0.2) is 0 Å². The lowest BCUT2D eigenvalue weighted by atomic mass is 10.0. The molecule has 0 bridgehead atoms. The summed E-state index contributed by atoms with van der Waals surface area (Å²) in [5.74, 6) is 1.32. The molecule has 0 aromatic heterocycles. The molecule has 192 valence electrons. The van der Waals surface area contributed by atoms with Gasteiger partial charge < -0.3 is 9.47 Å². The molecule has 0 spiro atoms. The molecule has 0 radical (unpaired) electrons.